The third kappa shape index (κ3) is 0.866. The van der Waals surface area contributed by atoms with Crippen LogP contribution in [0.4, 0.5) is 0 Å². The molecular weight excluding hydrogens is 142 g/mol. The van der Waals surface area contributed by atoms with E-state index >= 15 is 0 Å². The Kier molecular flexibility index (Phi) is 1.32. The Labute approximate surface area is 63.7 Å². The van der Waals surface area contributed by atoms with Gasteiger partial charge in [0.15, 0.2) is 0 Å². The van der Waals surface area contributed by atoms with Crippen LogP contribution in [0.3, 0.4) is 0 Å². The molecule has 0 unspecified atom stereocenters. The van der Waals surface area contributed by atoms with Crippen LogP contribution in [-0.2, 0) is 0 Å². The highest BCUT2D eigenvalue weighted by Crippen LogP contribution is 2.18. The lowest BCUT2D eigenvalue weighted by atomic mass is 10.2. The second kappa shape index (κ2) is 2.31. The number of nitrogens with one attached hydrogen (secondary N) is 1. The van der Waals surface area contributed by atoms with E-state index in [0.29, 0.717) is 0 Å². The van der Waals surface area contributed by atoms with Crippen LogP contribution in [0.15, 0.2) is 23.2 Å². The topological polar surface area (TPSA) is 12.0 Å². The van der Waals surface area contributed by atoms with Gasteiger partial charge in [-0.15, -0.1) is 0 Å². The van der Waals surface area contributed by atoms with Gasteiger partial charge in [0.25, 0.3) is 0 Å². The van der Waals surface area contributed by atoms with E-state index in [9.17, 15) is 0 Å². The zero-order valence-corrected chi connectivity index (χ0v) is 6.19. The van der Waals surface area contributed by atoms with Gasteiger partial charge in [-0.1, -0.05) is 0 Å². The first-order valence-electron chi connectivity index (χ1n) is 3.12. The second-order valence-electron chi connectivity index (χ2n) is 2.12. The molecule has 0 aliphatic carbocycles. The van der Waals surface area contributed by atoms with Gasteiger partial charge < -0.3 is 5.32 Å². The summed E-state index contributed by atoms with van der Waals surface area (Å²) in [7, 11) is 0. The Bertz CT molecular complexity index is 257. The maximum Gasteiger partial charge on any atom is 0.00109 e. The first-order chi connectivity index (χ1) is 4.97. The fourth-order valence-corrected chi connectivity index (χ4v) is 1.71. The lowest BCUT2D eigenvalue weighted by Crippen LogP contribution is -1.87. The molecule has 0 radical (unpaired) electrons. The summed E-state index contributed by atoms with van der Waals surface area (Å²) in [6, 6.07) is 0. The van der Waals surface area contributed by atoms with Gasteiger partial charge in [0, 0.05) is 12.4 Å². The zero-order valence-electron chi connectivity index (χ0n) is 5.37. The Balaban J connectivity index is 2.56. The molecule has 0 saturated carbocycles. The fraction of sp³-hybridized carbons (Fsp3) is 0. The van der Waals surface area contributed by atoms with Crippen molar-refractivity contribution in [2.24, 2.45) is 0 Å². The normalized spacial score (nSPS) is 14.0. The van der Waals surface area contributed by atoms with Crippen molar-refractivity contribution in [1.82, 2.24) is 5.32 Å². The molecule has 10 heavy (non-hydrogen) atoms. The average molecular weight is 149 g/mol. The van der Waals surface area contributed by atoms with Gasteiger partial charge in [0.1, 0.15) is 0 Å². The number of rotatable bonds is 0. The van der Waals surface area contributed by atoms with Crippen LogP contribution in [0.5, 0.6) is 0 Å². The first-order valence-corrected chi connectivity index (χ1v) is 4.06. The molecule has 2 rings (SSSR count). The van der Waals surface area contributed by atoms with Gasteiger partial charge in [-0.2, -0.15) is 11.3 Å². The maximum absolute atomic E-state index is 3.02. The third-order valence-electron chi connectivity index (χ3n) is 1.44. The summed E-state index contributed by atoms with van der Waals surface area (Å²) in [4.78, 5) is 0. The van der Waals surface area contributed by atoms with Crippen LogP contribution >= 0.6 is 11.3 Å². The van der Waals surface area contributed by atoms with E-state index in [0.717, 1.165) is 0 Å². The Morgan fingerprint density at radius 1 is 1.00 bits per heavy atom. The summed E-state index contributed by atoms with van der Waals surface area (Å²) in [6.07, 6.45) is 8.03. The van der Waals surface area contributed by atoms with Crippen molar-refractivity contribution in [2.45, 2.75) is 0 Å². The van der Waals surface area contributed by atoms with Crippen molar-refractivity contribution in [3.05, 3.63) is 34.3 Å². The second-order valence-corrected chi connectivity index (χ2v) is 2.86. The average Bonchev–Trinajstić information content (AvgIpc) is 2.28. The summed E-state index contributed by atoms with van der Waals surface area (Å²) in [5.74, 6) is 0. The number of hydrogen-bond acceptors (Lipinski definition) is 2. The van der Waals surface area contributed by atoms with Crippen LogP contribution < -0.4 is 5.32 Å². The van der Waals surface area contributed by atoms with Crippen molar-refractivity contribution in [3.63, 3.8) is 0 Å². The van der Waals surface area contributed by atoms with E-state index in [1.807, 2.05) is 12.4 Å². The van der Waals surface area contributed by atoms with Crippen LogP contribution in [0, 0.1) is 0 Å². The smallest absolute Gasteiger partial charge is 0.00109 e. The Morgan fingerprint density at radius 2 is 1.60 bits per heavy atom. The SMILES string of the molecule is C1=Cc2cscc2C=CN1. The first kappa shape index (κ1) is 5.74. The largest absolute Gasteiger partial charge is 0.368 e. The monoisotopic (exact) mass is 149 g/mol. The molecule has 0 spiro atoms. The molecule has 1 nitrogen and oxygen atoms in total. The van der Waals surface area contributed by atoms with Crippen molar-refractivity contribution < 1.29 is 0 Å². The molecular formula is C8H7NS. The van der Waals surface area contributed by atoms with Gasteiger partial charge in [0.2, 0.25) is 0 Å². The molecule has 1 aromatic rings. The van der Waals surface area contributed by atoms with Gasteiger partial charge in [0.05, 0.1) is 0 Å². The van der Waals surface area contributed by atoms with Gasteiger partial charge >= 0.3 is 0 Å². The minimum absolute atomic E-state index is 1.30. The van der Waals surface area contributed by atoms with Crippen molar-refractivity contribution in [2.75, 3.05) is 0 Å². The maximum atomic E-state index is 3.02. The molecule has 0 bridgehead atoms. The highest BCUT2D eigenvalue weighted by Gasteiger charge is 1.97. The minimum Gasteiger partial charge on any atom is -0.368 e. The molecule has 0 amide bonds. The van der Waals surface area contributed by atoms with E-state index in [1.165, 1.54) is 11.1 Å². The van der Waals surface area contributed by atoms with Crippen molar-refractivity contribution in [3.8, 4) is 0 Å². The highest BCUT2D eigenvalue weighted by molar-refractivity contribution is 7.08. The van der Waals surface area contributed by atoms with Crippen LogP contribution in [0.1, 0.15) is 11.1 Å². The van der Waals surface area contributed by atoms with Gasteiger partial charge in [-0.25, -0.2) is 0 Å². The lowest BCUT2D eigenvalue weighted by molar-refractivity contribution is 1.22. The molecule has 50 valence electrons. The van der Waals surface area contributed by atoms with Gasteiger partial charge in [-0.05, 0) is 34.0 Å². The number of fused-ring (bicyclic) bond motifs is 1. The summed E-state index contributed by atoms with van der Waals surface area (Å²) in [6.45, 7) is 0. The zero-order chi connectivity index (χ0) is 6.81. The Morgan fingerprint density at radius 3 is 2.20 bits per heavy atom. The molecule has 2 heteroatoms. The Hall–Kier alpha value is -1.02. The van der Waals surface area contributed by atoms with E-state index < -0.39 is 0 Å². The van der Waals surface area contributed by atoms with Crippen LogP contribution in [0.2, 0.25) is 0 Å². The number of thiophene rings is 1. The molecule has 0 saturated heterocycles. The molecule has 0 fully saturated rings. The predicted octanol–water partition coefficient (Wildman–Crippen LogP) is 2.29. The highest BCUT2D eigenvalue weighted by atomic mass is 32.1. The number of hydrogen-bond donors (Lipinski definition) is 1. The van der Waals surface area contributed by atoms with E-state index in [2.05, 4.69) is 28.2 Å². The molecule has 2 heterocycles. The molecule has 1 aromatic heterocycles. The lowest BCUT2D eigenvalue weighted by Gasteiger charge is -1.84. The summed E-state index contributed by atoms with van der Waals surface area (Å²) in [5.41, 5.74) is 2.59. The molecule has 1 aliphatic rings. The van der Waals surface area contributed by atoms with Crippen LogP contribution in [0.25, 0.3) is 12.2 Å². The van der Waals surface area contributed by atoms with E-state index in [-0.39, 0.29) is 0 Å². The summed E-state index contributed by atoms with van der Waals surface area (Å²) < 4.78 is 0. The molecule has 0 atom stereocenters. The summed E-state index contributed by atoms with van der Waals surface area (Å²) >= 11 is 1.73. The molecule has 1 aliphatic heterocycles. The third-order valence-corrected chi connectivity index (χ3v) is 2.22. The van der Waals surface area contributed by atoms with E-state index in [4.69, 9.17) is 0 Å². The van der Waals surface area contributed by atoms with E-state index in [1.54, 1.807) is 11.3 Å². The summed E-state index contributed by atoms with van der Waals surface area (Å²) in [5, 5.41) is 7.31. The fourth-order valence-electron chi connectivity index (χ4n) is 0.919. The quantitative estimate of drug-likeness (QED) is 0.596. The molecule has 0 aromatic carbocycles. The van der Waals surface area contributed by atoms with Crippen molar-refractivity contribution in [1.29, 1.82) is 0 Å². The molecule has 1 N–H and O–H groups in total. The standard InChI is InChI=1S/C8H7NS/c1-3-9-4-2-8-6-10-5-7(1)8/h1-6,9H. The van der Waals surface area contributed by atoms with Crippen LogP contribution in [-0.4, -0.2) is 0 Å². The van der Waals surface area contributed by atoms with Crippen molar-refractivity contribution >= 4 is 23.5 Å². The van der Waals surface area contributed by atoms with Gasteiger partial charge in [-0.3, -0.25) is 0 Å². The predicted molar refractivity (Wildman–Crippen MR) is 45.5 cm³/mol. The minimum atomic E-state index is 1.30.